The highest BCUT2D eigenvalue weighted by Crippen LogP contribution is 2.29. The molecule has 2 aromatic rings. The molecule has 9 heteroatoms. The second-order valence-electron chi connectivity index (χ2n) is 6.91. The summed E-state index contributed by atoms with van der Waals surface area (Å²) in [5.41, 5.74) is -1.16. The Morgan fingerprint density at radius 3 is 2.93 bits per heavy atom. The van der Waals surface area contributed by atoms with Gasteiger partial charge in [-0.05, 0) is 18.9 Å². The third-order valence-electron chi connectivity index (χ3n) is 5.22. The Balaban J connectivity index is 1.63. The second-order valence-corrected chi connectivity index (χ2v) is 7.32. The van der Waals surface area contributed by atoms with Crippen molar-refractivity contribution in [3.8, 4) is 5.75 Å². The molecule has 2 amide bonds. The molecule has 2 aliphatic heterocycles. The number of carbonyl (C=O) groups is 2. The van der Waals surface area contributed by atoms with Gasteiger partial charge < -0.3 is 19.9 Å². The van der Waals surface area contributed by atoms with Gasteiger partial charge in [0.05, 0.1) is 11.1 Å². The van der Waals surface area contributed by atoms with Crippen LogP contribution in [0.25, 0.3) is 0 Å². The molecule has 0 saturated carbocycles. The average molecular weight is 406 g/mol. The molecule has 1 fully saturated rings. The van der Waals surface area contributed by atoms with E-state index in [0.29, 0.717) is 13.1 Å². The maximum absolute atomic E-state index is 14.0. The molecule has 0 spiro atoms. The van der Waals surface area contributed by atoms with Gasteiger partial charge in [-0.3, -0.25) is 14.4 Å². The van der Waals surface area contributed by atoms with Crippen molar-refractivity contribution in [3.63, 3.8) is 0 Å². The van der Waals surface area contributed by atoms with E-state index in [9.17, 15) is 23.9 Å². The summed E-state index contributed by atoms with van der Waals surface area (Å²) in [5.74, 6) is -2.56. The first-order valence-corrected chi connectivity index (χ1v) is 9.24. The van der Waals surface area contributed by atoms with Crippen LogP contribution in [0.5, 0.6) is 5.75 Å². The molecule has 7 nitrogen and oxygen atoms in total. The van der Waals surface area contributed by atoms with E-state index < -0.39 is 28.8 Å². The number of aromatic hydroxyl groups is 1. The lowest BCUT2D eigenvalue weighted by atomic mass is 10.1. The molecule has 1 atom stereocenters. The quantitative estimate of drug-likeness (QED) is 0.815. The van der Waals surface area contributed by atoms with E-state index in [2.05, 4.69) is 5.32 Å². The summed E-state index contributed by atoms with van der Waals surface area (Å²) >= 11 is 5.72. The first-order chi connectivity index (χ1) is 13.4. The zero-order valence-electron chi connectivity index (χ0n) is 14.7. The Morgan fingerprint density at radius 2 is 2.14 bits per heavy atom. The molecule has 2 aliphatic rings. The SMILES string of the molecule is O=C(NCc1cccc(Cl)c1F)c1cn2c(c(O)c1=O)C(=O)N1CCC[C@@H]1C2. The average Bonchev–Trinajstić information content (AvgIpc) is 3.14. The van der Waals surface area contributed by atoms with Crippen LogP contribution < -0.4 is 10.7 Å². The zero-order chi connectivity index (χ0) is 20.0. The van der Waals surface area contributed by atoms with Gasteiger partial charge in [-0.15, -0.1) is 0 Å². The van der Waals surface area contributed by atoms with Crippen molar-refractivity contribution in [1.29, 1.82) is 0 Å². The number of rotatable bonds is 3. The van der Waals surface area contributed by atoms with Crippen LogP contribution in [0.1, 0.15) is 39.3 Å². The van der Waals surface area contributed by atoms with Gasteiger partial charge in [-0.2, -0.15) is 0 Å². The molecule has 0 radical (unpaired) electrons. The smallest absolute Gasteiger partial charge is 0.274 e. The van der Waals surface area contributed by atoms with Gasteiger partial charge in [-0.25, -0.2) is 4.39 Å². The number of aromatic nitrogens is 1. The second kappa shape index (κ2) is 6.94. The number of hydrogen-bond donors (Lipinski definition) is 2. The maximum atomic E-state index is 14.0. The van der Waals surface area contributed by atoms with E-state index in [-0.39, 0.29) is 34.4 Å². The number of halogens is 2. The molecule has 146 valence electrons. The summed E-state index contributed by atoms with van der Waals surface area (Å²) in [6.07, 6.45) is 2.97. The number of nitrogens with one attached hydrogen (secondary N) is 1. The van der Waals surface area contributed by atoms with E-state index in [1.54, 1.807) is 11.0 Å². The maximum Gasteiger partial charge on any atom is 0.274 e. The molecule has 1 saturated heterocycles. The third-order valence-corrected chi connectivity index (χ3v) is 5.51. The van der Waals surface area contributed by atoms with E-state index in [0.717, 1.165) is 12.8 Å². The monoisotopic (exact) mass is 405 g/mol. The van der Waals surface area contributed by atoms with E-state index >= 15 is 0 Å². The van der Waals surface area contributed by atoms with Crippen LogP contribution in [0.3, 0.4) is 0 Å². The van der Waals surface area contributed by atoms with Crippen LogP contribution in [0.4, 0.5) is 4.39 Å². The number of carbonyl (C=O) groups excluding carboxylic acids is 2. The highest BCUT2D eigenvalue weighted by molar-refractivity contribution is 6.30. The Bertz CT molecular complexity index is 1050. The highest BCUT2D eigenvalue weighted by Gasteiger charge is 2.38. The van der Waals surface area contributed by atoms with Crippen molar-refractivity contribution >= 4 is 23.4 Å². The van der Waals surface area contributed by atoms with Crippen molar-refractivity contribution in [3.05, 3.63) is 62.3 Å². The fourth-order valence-corrected chi connectivity index (χ4v) is 3.99. The number of hydrogen-bond acceptors (Lipinski definition) is 4. The number of pyridine rings is 1. The van der Waals surface area contributed by atoms with Crippen molar-refractivity contribution in [2.75, 3.05) is 6.54 Å². The van der Waals surface area contributed by atoms with E-state index in [4.69, 9.17) is 11.6 Å². The Morgan fingerprint density at radius 1 is 1.36 bits per heavy atom. The van der Waals surface area contributed by atoms with Crippen LogP contribution in [-0.4, -0.2) is 39.0 Å². The molecule has 0 bridgehead atoms. The molecule has 1 aromatic carbocycles. The first-order valence-electron chi connectivity index (χ1n) is 8.87. The van der Waals surface area contributed by atoms with Crippen LogP contribution in [0, 0.1) is 5.82 Å². The molecule has 28 heavy (non-hydrogen) atoms. The molecule has 0 unspecified atom stereocenters. The van der Waals surface area contributed by atoms with Crippen molar-refractivity contribution in [2.45, 2.75) is 32.0 Å². The highest BCUT2D eigenvalue weighted by atomic mass is 35.5. The normalized spacial score (nSPS) is 18.0. The largest absolute Gasteiger partial charge is 0.503 e. The minimum Gasteiger partial charge on any atom is -0.503 e. The Kier molecular flexibility index (Phi) is 4.58. The number of benzene rings is 1. The van der Waals surface area contributed by atoms with Gasteiger partial charge >= 0.3 is 0 Å². The zero-order valence-corrected chi connectivity index (χ0v) is 15.5. The molecule has 4 rings (SSSR count). The summed E-state index contributed by atoms with van der Waals surface area (Å²) in [6, 6.07) is 4.38. The lowest BCUT2D eigenvalue weighted by molar-refractivity contribution is 0.0659. The van der Waals surface area contributed by atoms with Crippen molar-refractivity contribution in [1.82, 2.24) is 14.8 Å². The van der Waals surface area contributed by atoms with Crippen molar-refractivity contribution in [2.24, 2.45) is 0 Å². The van der Waals surface area contributed by atoms with Gasteiger partial charge in [0.25, 0.3) is 11.8 Å². The number of fused-ring (bicyclic) bond motifs is 2. The van der Waals surface area contributed by atoms with E-state index in [1.807, 2.05) is 0 Å². The van der Waals surface area contributed by atoms with Crippen LogP contribution in [0.2, 0.25) is 5.02 Å². The molecule has 2 N–H and O–H groups in total. The minimum atomic E-state index is -0.929. The summed E-state index contributed by atoms with van der Waals surface area (Å²) in [6.45, 7) is 0.811. The number of amides is 2. The third kappa shape index (κ3) is 2.93. The van der Waals surface area contributed by atoms with Gasteiger partial charge in [0.2, 0.25) is 5.43 Å². The van der Waals surface area contributed by atoms with Gasteiger partial charge in [-0.1, -0.05) is 23.7 Å². The van der Waals surface area contributed by atoms with Gasteiger partial charge in [0.1, 0.15) is 11.4 Å². The predicted octanol–water partition coefficient (Wildman–Crippen LogP) is 1.89. The van der Waals surface area contributed by atoms with Crippen molar-refractivity contribution < 1.29 is 19.1 Å². The van der Waals surface area contributed by atoms with Crippen LogP contribution in [-0.2, 0) is 13.1 Å². The topological polar surface area (TPSA) is 91.6 Å². The Labute approximate surface area is 164 Å². The molecular formula is C19H17ClFN3O4. The molecule has 1 aromatic heterocycles. The summed E-state index contributed by atoms with van der Waals surface area (Å²) in [7, 11) is 0. The fraction of sp³-hybridized carbons (Fsp3) is 0.316. The molecular weight excluding hydrogens is 389 g/mol. The fourth-order valence-electron chi connectivity index (χ4n) is 3.79. The standard InChI is InChI=1S/C19H17ClFN3O4/c20-13-5-1-3-10(14(13)21)7-22-18(27)12-9-23-8-11-4-2-6-24(11)19(28)15(23)17(26)16(12)25/h1,3,5,9,11,26H,2,4,6-8H2,(H,22,27)/t11-/m1/s1. The molecule has 0 aliphatic carbocycles. The van der Waals surface area contributed by atoms with Gasteiger partial charge in [0.15, 0.2) is 11.4 Å². The van der Waals surface area contributed by atoms with Crippen LogP contribution >= 0.6 is 11.6 Å². The Hall–Kier alpha value is -2.87. The summed E-state index contributed by atoms with van der Waals surface area (Å²) in [5, 5.41) is 12.7. The first kappa shape index (κ1) is 18.5. The summed E-state index contributed by atoms with van der Waals surface area (Å²) < 4.78 is 15.4. The minimum absolute atomic E-state index is 0.0154. The van der Waals surface area contributed by atoms with Crippen LogP contribution in [0.15, 0.2) is 29.2 Å². The predicted molar refractivity (Wildman–Crippen MR) is 99.0 cm³/mol. The van der Waals surface area contributed by atoms with E-state index in [1.165, 1.54) is 22.9 Å². The number of nitrogens with zero attached hydrogens (tertiary/aromatic N) is 2. The lowest BCUT2D eigenvalue weighted by Gasteiger charge is -2.33. The molecule has 3 heterocycles. The van der Waals surface area contributed by atoms with Gasteiger partial charge in [0, 0.05) is 31.4 Å². The lowest BCUT2D eigenvalue weighted by Crippen LogP contribution is -2.46. The summed E-state index contributed by atoms with van der Waals surface area (Å²) in [4.78, 5) is 39.2.